The second kappa shape index (κ2) is 11.0. The van der Waals surface area contributed by atoms with Crippen LogP contribution in [0.3, 0.4) is 0 Å². The van der Waals surface area contributed by atoms with Crippen molar-refractivity contribution in [2.24, 2.45) is 0 Å². The number of fused-ring (bicyclic) bond motifs is 3. The van der Waals surface area contributed by atoms with Crippen molar-refractivity contribution in [1.82, 2.24) is 9.47 Å². The fourth-order valence-electron chi connectivity index (χ4n) is 5.27. The normalized spacial score (nSPS) is 14.4. The molecule has 1 atom stereocenters. The van der Waals surface area contributed by atoms with Crippen molar-refractivity contribution in [3.05, 3.63) is 119 Å². The Balaban J connectivity index is 1.54. The Hall–Kier alpha value is -4.33. The van der Waals surface area contributed by atoms with Crippen LogP contribution in [0.1, 0.15) is 58.5 Å². The van der Waals surface area contributed by atoms with E-state index in [9.17, 15) is 22.8 Å². The number of benzene rings is 3. The van der Waals surface area contributed by atoms with Gasteiger partial charge in [0.05, 0.1) is 22.6 Å². The van der Waals surface area contributed by atoms with Crippen LogP contribution in [0.4, 0.5) is 18.9 Å². The number of unbranched alkanes of at least 4 members (excludes halogenated alkanes) is 1. The average molecular weight is 546 g/mol. The van der Waals surface area contributed by atoms with Crippen LogP contribution < -0.4 is 4.90 Å². The van der Waals surface area contributed by atoms with Gasteiger partial charge in [-0.25, -0.2) is 0 Å². The summed E-state index contributed by atoms with van der Waals surface area (Å²) in [5.41, 5.74) is 3.42. The van der Waals surface area contributed by atoms with Crippen LogP contribution in [0.2, 0.25) is 0 Å². The van der Waals surface area contributed by atoms with E-state index in [0.29, 0.717) is 12.1 Å². The molecule has 0 fully saturated rings. The van der Waals surface area contributed by atoms with Crippen LogP contribution in [-0.4, -0.2) is 34.4 Å². The molecule has 5 rings (SSSR count). The largest absolute Gasteiger partial charge is 0.416 e. The maximum atomic E-state index is 14.2. The van der Waals surface area contributed by atoms with Crippen molar-refractivity contribution in [2.45, 2.75) is 38.9 Å². The predicted molar refractivity (Wildman–Crippen MR) is 149 cm³/mol. The van der Waals surface area contributed by atoms with Crippen LogP contribution >= 0.6 is 0 Å². The maximum absolute atomic E-state index is 14.2. The zero-order valence-corrected chi connectivity index (χ0v) is 22.4. The number of alkyl halides is 3. The molecule has 0 spiro atoms. The van der Waals surface area contributed by atoms with E-state index in [1.807, 2.05) is 80.7 Å². The zero-order valence-electron chi connectivity index (χ0n) is 22.4. The molecule has 5 nitrogen and oxygen atoms in total. The topological polar surface area (TPSA) is 45.6 Å². The minimum atomic E-state index is -4.58. The van der Waals surface area contributed by atoms with Gasteiger partial charge >= 0.3 is 6.18 Å². The number of hydrogen-bond donors (Lipinski definition) is 0. The molecule has 0 bridgehead atoms. The fraction of sp³-hybridized carbons (Fsp3) is 0.250. The first-order chi connectivity index (χ1) is 19.2. The summed E-state index contributed by atoms with van der Waals surface area (Å²) in [6.07, 6.45) is -1.25. The number of amides is 2. The van der Waals surface area contributed by atoms with E-state index in [1.165, 1.54) is 17.0 Å². The van der Waals surface area contributed by atoms with Crippen LogP contribution in [-0.2, 0) is 11.0 Å². The third-order valence-corrected chi connectivity index (χ3v) is 7.18. The standard InChI is InChI=1S/C32H30F3N3O2/c1-3-4-17-36(31(40)24-12-8-13-25(20-24)32(33,34)35)21-29(39)38-27-15-6-5-14-26(27)37-18-9-16-28(37)30(38)23-11-7-10-22(2)19-23/h5-16,18-20,30H,3-4,17,21H2,1-2H3. The molecule has 1 aliphatic heterocycles. The van der Waals surface area contributed by atoms with E-state index >= 15 is 0 Å². The molecule has 0 aliphatic carbocycles. The van der Waals surface area contributed by atoms with Gasteiger partial charge in [0.15, 0.2) is 0 Å². The number of halogens is 3. The molecule has 3 aromatic carbocycles. The molecule has 2 heterocycles. The predicted octanol–water partition coefficient (Wildman–Crippen LogP) is 7.18. The summed E-state index contributed by atoms with van der Waals surface area (Å²) >= 11 is 0. The maximum Gasteiger partial charge on any atom is 0.416 e. The lowest BCUT2D eigenvalue weighted by Crippen LogP contribution is -2.47. The van der Waals surface area contributed by atoms with Crippen LogP contribution in [0, 0.1) is 6.92 Å². The van der Waals surface area contributed by atoms with E-state index in [2.05, 4.69) is 4.57 Å². The SMILES string of the molecule is CCCCN(CC(=O)N1c2ccccc2-n2cccc2C1c1cccc(C)c1)C(=O)c1cccc(C(F)(F)F)c1. The summed E-state index contributed by atoms with van der Waals surface area (Å²) < 4.78 is 42.2. The fourth-order valence-corrected chi connectivity index (χ4v) is 5.27. The molecule has 2 amide bonds. The summed E-state index contributed by atoms with van der Waals surface area (Å²) in [7, 11) is 0. The van der Waals surface area contributed by atoms with Gasteiger partial charge in [0.2, 0.25) is 5.91 Å². The van der Waals surface area contributed by atoms with E-state index in [0.717, 1.165) is 41.1 Å². The zero-order chi connectivity index (χ0) is 28.4. The Morgan fingerprint density at radius 1 is 0.900 bits per heavy atom. The third-order valence-electron chi connectivity index (χ3n) is 7.18. The van der Waals surface area contributed by atoms with E-state index in [1.54, 1.807) is 4.90 Å². The minimum absolute atomic E-state index is 0.0955. The molecule has 0 saturated heterocycles. The number of aromatic nitrogens is 1. The molecule has 0 radical (unpaired) electrons. The molecule has 8 heteroatoms. The molecule has 206 valence electrons. The Morgan fingerprint density at radius 2 is 1.65 bits per heavy atom. The van der Waals surface area contributed by atoms with Crippen molar-refractivity contribution in [2.75, 3.05) is 18.0 Å². The average Bonchev–Trinajstić information content (AvgIpc) is 3.43. The molecule has 40 heavy (non-hydrogen) atoms. The Bertz CT molecular complexity index is 1540. The number of nitrogens with zero attached hydrogens (tertiary/aromatic N) is 3. The van der Waals surface area contributed by atoms with Crippen molar-refractivity contribution in [3.63, 3.8) is 0 Å². The number of para-hydroxylation sites is 2. The Labute approximate surface area is 231 Å². The highest BCUT2D eigenvalue weighted by atomic mass is 19.4. The van der Waals surface area contributed by atoms with Crippen molar-refractivity contribution >= 4 is 17.5 Å². The van der Waals surface area contributed by atoms with E-state index in [4.69, 9.17) is 0 Å². The van der Waals surface area contributed by atoms with Gasteiger partial charge in [0.1, 0.15) is 12.6 Å². The smallest absolute Gasteiger partial charge is 0.329 e. The summed E-state index contributed by atoms with van der Waals surface area (Å²) in [4.78, 5) is 30.9. The monoisotopic (exact) mass is 545 g/mol. The molecule has 1 unspecified atom stereocenters. The summed E-state index contributed by atoms with van der Waals surface area (Å²) in [5, 5.41) is 0. The van der Waals surface area contributed by atoms with Gasteiger partial charge in [-0.3, -0.25) is 14.5 Å². The molecule has 0 N–H and O–H groups in total. The Morgan fingerprint density at radius 3 is 2.38 bits per heavy atom. The van der Waals surface area contributed by atoms with Gasteiger partial charge in [-0.15, -0.1) is 0 Å². The van der Waals surface area contributed by atoms with Gasteiger partial charge in [0, 0.05) is 18.3 Å². The van der Waals surface area contributed by atoms with Crippen LogP contribution in [0.5, 0.6) is 0 Å². The number of carbonyl (C=O) groups is 2. The number of rotatable bonds is 7. The summed E-state index contributed by atoms with van der Waals surface area (Å²) in [5.74, 6) is -0.920. The van der Waals surface area contributed by atoms with Crippen LogP contribution in [0.15, 0.2) is 91.1 Å². The van der Waals surface area contributed by atoms with E-state index in [-0.39, 0.29) is 24.6 Å². The van der Waals surface area contributed by atoms with Gasteiger partial charge < -0.3 is 9.47 Å². The first-order valence-electron chi connectivity index (χ1n) is 13.3. The molecule has 1 aliphatic rings. The van der Waals surface area contributed by atoms with Gasteiger partial charge in [-0.05, 0) is 61.4 Å². The molecule has 0 saturated carbocycles. The second-order valence-corrected chi connectivity index (χ2v) is 10.0. The van der Waals surface area contributed by atoms with Gasteiger partial charge in [-0.1, -0.05) is 61.4 Å². The highest BCUT2D eigenvalue weighted by molar-refractivity contribution is 6.02. The lowest BCUT2D eigenvalue weighted by Gasteiger charge is -2.39. The number of carbonyl (C=O) groups excluding carboxylic acids is 2. The first kappa shape index (κ1) is 27.2. The van der Waals surface area contributed by atoms with Crippen LogP contribution in [0.25, 0.3) is 5.69 Å². The number of aryl methyl sites for hydroxylation is 1. The lowest BCUT2D eigenvalue weighted by atomic mass is 9.96. The molecular weight excluding hydrogens is 515 g/mol. The quantitative estimate of drug-likeness (QED) is 0.247. The summed E-state index contributed by atoms with van der Waals surface area (Å²) in [6.45, 7) is 3.92. The molecular formula is C32H30F3N3O2. The van der Waals surface area contributed by atoms with E-state index < -0.39 is 23.7 Å². The second-order valence-electron chi connectivity index (χ2n) is 10.0. The van der Waals surface area contributed by atoms with Gasteiger partial charge in [-0.2, -0.15) is 13.2 Å². The van der Waals surface area contributed by atoms with Crippen molar-refractivity contribution in [3.8, 4) is 5.69 Å². The number of hydrogen-bond acceptors (Lipinski definition) is 2. The molecule has 4 aromatic rings. The van der Waals surface area contributed by atoms with Crippen molar-refractivity contribution in [1.29, 1.82) is 0 Å². The minimum Gasteiger partial charge on any atom is -0.329 e. The third kappa shape index (κ3) is 5.26. The van der Waals surface area contributed by atoms with Gasteiger partial charge in [0.25, 0.3) is 5.91 Å². The van der Waals surface area contributed by atoms with Crippen molar-refractivity contribution < 1.29 is 22.8 Å². The summed E-state index contributed by atoms with van der Waals surface area (Å²) in [6, 6.07) is 23.4. The Kier molecular flexibility index (Phi) is 7.52. The molecule has 1 aromatic heterocycles. The lowest BCUT2D eigenvalue weighted by molar-refractivity contribution is -0.137. The number of anilines is 1. The first-order valence-corrected chi connectivity index (χ1v) is 13.3. The highest BCUT2D eigenvalue weighted by Crippen LogP contribution is 2.42. The highest BCUT2D eigenvalue weighted by Gasteiger charge is 2.37.